The zero-order chi connectivity index (χ0) is 10.2. The van der Waals surface area contributed by atoms with Crippen molar-refractivity contribution in [3.63, 3.8) is 0 Å². The van der Waals surface area contributed by atoms with Gasteiger partial charge in [0.15, 0.2) is 9.84 Å². The van der Waals surface area contributed by atoms with Gasteiger partial charge >= 0.3 is 0 Å². The van der Waals surface area contributed by atoms with Gasteiger partial charge in [-0.1, -0.05) is 5.16 Å². The third-order valence-corrected chi connectivity index (χ3v) is 4.27. The lowest BCUT2D eigenvalue weighted by Gasteiger charge is -2.03. The van der Waals surface area contributed by atoms with E-state index in [2.05, 4.69) is 5.16 Å². The first-order valence-electron chi connectivity index (χ1n) is 4.46. The maximum Gasteiger partial charge on any atom is 0.151 e. The van der Waals surface area contributed by atoms with Crippen LogP contribution in [0.4, 0.5) is 0 Å². The van der Waals surface area contributed by atoms with Crippen LogP contribution in [-0.2, 0) is 16.4 Å². The summed E-state index contributed by atoms with van der Waals surface area (Å²) in [6.45, 7) is 0.343. The van der Waals surface area contributed by atoms with E-state index in [0.717, 1.165) is 5.56 Å². The van der Waals surface area contributed by atoms with Gasteiger partial charge < -0.3 is 10.3 Å². The fraction of sp³-hybridized carbons (Fsp3) is 0.625. The van der Waals surface area contributed by atoms with E-state index in [1.54, 1.807) is 6.20 Å². The molecule has 2 rings (SSSR count). The van der Waals surface area contributed by atoms with E-state index in [1.165, 1.54) is 0 Å². The van der Waals surface area contributed by atoms with Gasteiger partial charge in [-0.25, -0.2) is 8.42 Å². The van der Waals surface area contributed by atoms with Crippen LogP contribution in [0.1, 0.15) is 23.7 Å². The SMILES string of the molecule is NCc1cnoc1C1CCS(=O)(=O)C1. The van der Waals surface area contributed by atoms with Crippen LogP contribution in [-0.4, -0.2) is 25.1 Å². The Hall–Kier alpha value is -0.880. The number of nitrogens with two attached hydrogens (primary N) is 1. The molecular formula is C8H12N2O3S. The summed E-state index contributed by atoms with van der Waals surface area (Å²) in [6.07, 6.45) is 2.17. The minimum absolute atomic E-state index is 0.0546. The van der Waals surface area contributed by atoms with Gasteiger partial charge in [0.05, 0.1) is 17.7 Å². The Kier molecular flexibility index (Phi) is 2.32. The quantitative estimate of drug-likeness (QED) is 0.754. The van der Waals surface area contributed by atoms with E-state index in [4.69, 9.17) is 10.3 Å². The van der Waals surface area contributed by atoms with E-state index in [-0.39, 0.29) is 17.4 Å². The maximum absolute atomic E-state index is 11.2. The fourth-order valence-corrected chi connectivity index (χ4v) is 3.50. The van der Waals surface area contributed by atoms with Crippen LogP contribution < -0.4 is 5.73 Å². The van der Waals surface area contributed by atoms with Gasteiger partial charge in [0.1, 0.15) is 5.76 Å². The third kappa shape index (κ3) is 1.67. The summed E-state index contributed by atoms with van der Waals surface area (Å²) in [5.74, 6) is 0.993. The van der Waals surface area contributed by atoms with E-state index in [9.17, 15) is 8.42 Å². The second-order valence-electron chi connectivity index (χ2n) is 3.52. The van der Waals surface area contributed by atoms with Crippen molar-refractivity contribution in [3.05, 3.63) is 17.5 Å². The van der Waals surface area contributed by atoms with Crippen LogP contribution in [0.5, 0.6) is 0 Å². The first kappa shape index (κ1) is 9.67. The summed E-state index contributed by atoms with van der Waals surface area (Å²) >= 11 is 0. The average Bonchev–Trinajstić information content (AvgIpc) is 2.70. The Bertz CT molecular complexity index is 424. The van der Waals surface area contributed by atoms with Gasteiger partial charge in [-0.05, 0) is 6.42 Å². The normalized spacial score (nSPS) is 25.4. The molecule has 0 radical (unpaired) electrons. The van der Waals surface area contributed by atoms with Gasteiger partial charge in [-0.15, -0.1) is 0 Å². The third-order valence-electron chi connectivity index (χ3n) is 2.50. The van der Waals surface area contributed by atoms with Gasteiger partial charge in [0.2, 0.25) is 0 Å². The number of sulfone groups is 1. The van der Waals surface area contributed by atoms with Gasteiger partial charge in [-0.3, -0.25) is 0 Å². The molecule has 1 saturated heterocycles. The number of hydrogen-bond donors (Lipinski definition) is 1. The first-order chi connectivity index (χ1) is 6.62. The highest BCUT2D eigenvalue weighted by Gasteiger charge is 2.32. The average molecular weight is 216 g/mol. The van der Waals surface area contributed by atoms with E-state index in [1.807, 2.05) is 0 Å². The maximum atomic E-state index is 11.2. The van der Waals surface area contributed by atoms with Gasteiger partial charge in [-0.2, -0.15) is 0 Å². The molecule has 0 bridgehead atoms. The molecule has 1 aromatic rings. The second kappa shape index (κ2) is 3.36. The number of nitrogens with zero attached hydrogens (tertiary/aromatic N) is 1. The lowest BCUT2D eigenvalue weighted by atomic mass is 10.0. The Morgan fingerprint density at radius 3 is 3.00 bits per heavy atom. The molecular weight excluding hydrogens is 204 g/mol. The van der Waals surface area contributed by atoms with Crippen molar-refractivity contribution in [2.75, 3.05) is 11.5 Å². The van der Waals surface area contributed by atoms with Crippen molar-refractivity contribution in [3.8, 4) is 0 Å². The minimum atomic E-state index is -2.88. The standard InChI is InChI=1S/C8H12N2O3S/c9-3-7-4-10-13-8(7)6-1-2-14(11,12)5-6/h4,6H,1-3,5,9H2. The summed E-state index contributed by atoms with van der Waals surface area (Å²) in [5.41, 5.74) is 6.29. The van der Waals surface area contributed by atoms with E-state index < -0.39 is 9.84 Å². The largest absolute Gasteiger partial charge is 0.361 e. The Morgan fingerprint density at radius 1 is 1.64 bits per heavy atom. The number of hydrogen-bond acceptors (Lipinski definition) is 5. The topological polar surface area (TPSA) is 86.2 Å². The van der Waals surface area contributed by atoms with Crippen LogP contribution >= 0.6 is 0 Å². The van der Waals surface area contributed by atoms with Crippen molar-refractivity contribution in [1.82, 2.24) is 5.16 Å². The Morgan fingerprint density at radius 2 is 2.43 bits per heavy atom. The lowest BCUT2D eigenvalue weighted by Crippen LogP contribution is -2.06. The van der Waals surface area contributed by atoms with Crippen molar-refractivity contribution < 1.29 is 12.9 Å². The van der Waals surface area contributed by atoms with Crippen LogP contribution in [0.25, 0.3) is 0 Å². The molecule has 0 saturated carbocycles. The molecule has 1 aromatic heterocycles. The first-order valence-corrected chi connectivity index (χ1v) is 6.28. The zero-order valence-corrected chi connectivity index (χ0v) is 8.46. The molecule has 0 spiro atoms. The Balaban J connectivity index is 2.25. The highest BCUT2D eigenvalue weighted by atomic mass is 32.2. The molecule has 0 aromatic carbocycles. The van der Waals surface area contributed by atoms with Crippen LogP contribution in [0.15, 0.2) is 10.7 Å². The minimum Gasteiger partial charge on any atom is -0.361 e. The fourth-order valence-electron chi connectivity index (χ4n) is 1.76. The summed E-state index contributed by atoms with van der Waals surface area (Å²) < 4.78 is 27.5. The molecule has 1 aliphatic heterocycles. The second-order valence-corrected chi connectivity index (χ2v) is 5.75. The highest BCUT2D eigenvalue weighted by molar-refractivity contribution is 7.91. The molecule has 2 N–H and O–H groups in total. The van der Waals surface area contributed by atoms with Crippen LogP contribution in [0.3, 0.4) is 0 Å². The van der Waals surface area contributed by atoms with Crippen molar-refractivity contribution >= 4 is 9.84 Å². The predicted octanol–water partition coefficient (Wildman–Crippen LogP) is 0.0354. The summed E-state index contributed by atoms with van der Waals surface area (Å²) in [5, 5.41) is 3.64. The van der Waals surface area contributed by atoms with E-state index in [0.29, 0.717) is 18.7 Å². The molecule has 1 fully saturated rings. The molecule has 0 aliphatic carbocycles. The molecule has 0 amide bonds. The number of rotatable bonds is 2. The molecule has 1 atom stereocenters. The zero-order valence-electron chi connectivity index (χ0n) is 7.64. The van der Waals surface area contributed by atoms with Crippen molar-refractivity contribution in [2.45, 2.75) is 18.9 Å². The molecule has 1 unspecified atom stereocenters. The number of aromatic nitrogens is 1. The van der Waals surface area contributed by atoms with Crippen molar-refractivity contribution in [2.24, 2.45) is 5.73 Å². The molecule has 2 heterocycles. The molecule has 1 aliphatic rings. The van der Waals surface area contributed by atoms with Gasteiger partial charge in [0, 0.05) is 18.0 Å². The predicted molar refractivity (Wildman–Crippen MR) is 50.4 cm³/mol. The highest BCUT2D eigenvalue weighted by Crippen LogP contribution is 2.30. The monoisotopic (exact) mass is 216 g/mol. The summed E-state index contributed by atoms with van der Waals surface area (Å²) in [6, 6.07) is 0. The lowest BCUT2D eigenvalue weighted by molar-refractivity contribution is 0.365. The molecule has 14 heavy (non-hydrogen) atoms. The Labute approximate surface area is 82.2 Å². The molecule has 5 nitrogen and oxygen atoms in total. The van der Waals surface area contributed by atoms with E-state index >= 15 is 0 Å². The molecule has 78 valence electrons. The van der Waals surface area contributed by atoms with Crippen LogP contribution in [0, 0.1) is 0 Å². The molecule has 6 heteroatoms. The smallest absolute Gasteiger partial charge is 0.151 e. The van der Waals surface area contributed by atoms with Crippen LogP contribution in [0.2, 0.25) is 0 Å². The van der Waals surface area contributed by atoms with Crippen molar-refractivity contribution in [1.29, 1.82) is 0 Å². The summed E-state index contributed by atoms with van der Waals surface area (Å²) in [7, 11) is -2.88. The summed E-state index contributed by atoms with van der Waals surface area (Å²) in [4.78, 5) is 0. The van der Waals surface area contributed by atoms with Gasteiger partial charge in [0.25, 0.3) is 0 Å².